The topological polar surface area (TPSA) is 504 Å². The number of phosphoric ester groups is 2. The van der Waals surface area contributed by atoms with Crippen LogP contribution in [0.25, 0.3) is 22.3 Å². The number of H-pyrrole nitrogens is 2. The zero-order valence-corrected chi connectivity index (χ0v) is 45.8. The van der Waals surface area contributed by atoms with E-state index in [-0.39, 0.29) is 40.1 Å². The Morgan fingerprint density at radius 3 is 2.14 bits per heavy atom. The van der Waals surface area contributed by atoms with Crippen LogP contribution in [0.4, 0.5) is 11.8 Å². The predicted octanol–water partition coefficient (Wildman–Crippen LogP) is -2.84. The van der Waals surface area contributed by atoms with Crippen LogP contribution in [0, 0.1) is 5.92 Å². The van der Waals surface area contributed by atoms with Crippen molar-refractivity contribution in [3.05, 3.63) is 62.4 Å². The molecule has 0 radical (unpaired) electrons. The van der Waals surface area contributed by atoms with Crippen molar-refractivity contribution in [1.29, 1.82) is 0 Å². The van der Waals surface area contributed by atoms with E-state index in [4.69, 9.17) is 38.3 Å². The summed E-state index contributed by atoms with van der Waals surface area (Å²) in [6.45, 7) is 0.204. The monoisotopic (exact) mass is 1200 g/mol. The van der Waals surface area contributed by atoms with Crippen molar-refractivity contribution >= 4 is 71.1 Å². The summed E-state index contributed by atoms with van der Waals surface area (Å²) in [5.41, 5.74) is 1.63. The first-order valence-corrected chi connectivity index (χ1v) is 29.5. The van der Waals surface area contributed by atoms with Gasteiger partial charge in [0.25, 0.3) is 17.1 Å². The lowest BCUT2D eigenvalue weighted by molar-refractivity contribution is -0.745. The number of nitrogens with zero attached hydrogens (tertiary/aromatic N) is 9. The van der Waals surface area contributed by atoms with Gasteiger partial charge in [-0.15, -0.1) is 0 Å². The number of aryl methyl sites for hydroxylation is 1. The van der Waals surface area contributed by atoms with Crippen molar-refractivity contribution in [2.75, 3.05) is 52.1 Å². The number of aliphatic hydroxyl groups is 3. The van der Waals surface area contributed by atoms with E-state index in [1.165, 1.54) is 46.1 Å². The number of methoxy groups -OCH3 is 1. The number of aromatic nitrogens is 10. The molecule has 5 aromatic rings. The molecular weight excluding hydrogens is 1150 g/mol. The fourth-order valence-electron chi connectivity index (χ4n) is 9.04. The van der Waals surface area contributed by atoms with E-state index in [2.05, 4.69) is 38.9 Å². The van der Waals surface area contributed by atoms with Gasteiger partial charge in [-0.3, -0.25) is 51.7 Å². The number of phosphoric acid groups is 3. The van der Waals surface area contributed by atoms with Crippen molar-refractivity contribution in [3.8, 4) is 0 Å². The Labute approximate surface area is 443 Å². The number of fused-ring (bicyclic) bond motifs is 2. The third kappa shape index (κ3) is 12.9. The normalized spacial score (nSPS) is 29.4. The Morgan fingerprint density at radius 1 is 0.861 bits per heavy atom. The molecule has 79 heavy (non-hydrogen) atoms. The first kappa shape index (κ1) is 60.0. The molecule has 0 aliphatic carbocycles. The van der Waals surface area contributed by atoms with Crippen molar-refractivity contribution < 1.29 is 104 Å². The summed E-state index contributed by atoms with van der Waals surface area (Å²) in [6.07, 6.45) is -12.5. The molecule has 6 unspecified atom stereocenters. The van der Waals surface area contributed by atoms with Crippen molar-refractivity contribution in [1.82, 2.24) is 48.5 Å². The number of imidazole rings is 2. The Hall–Kier alpha value is -5.07. The highest BCUT2D eigenvalue weighted by Gasteiger charge is 2.58. The third-order valence-corrected chi connectivity index (χ3v) is 18.8. The van der Waals surface area contributed by atoms with E-state index < -0.39 is 153 Å². The quantitative estimate of drug-likeness (QED) is 0.0246. The Balaban J connectivity index is 0.971. The van der Waals surface area contributed by atoms with Crippen LogP contribution in [0.2, 0.25) is 0 Å². The van der Waals surface area contributed by atoms with Gasteiger partial charge in [0.1, 0.15) is 54.1 Å². The summed E-state index contributed by atoms with van der Waals surface area (Å²) in [7, 11) is -18.1. The Bertz CT molecular complexity index is 3470. The van der Waals surface area contributed by atoms with Crippen LogP contribution in [0.5, 0.6) is 0 Å². The standard InChI is InChI=1S/C38H55N13O24P4/c1-16(2)43-37-45-32-24(33(57)46-37)48(5)15-51(32)34-25(54)17(9-22(53)47(3)4)18(71-34)10-69-77(61,62)74-79(65,66)75-78(63,64)70-12-20-29(28(67-6)36(73-20)50-14-42-23-30(39)40-13-41-31(23)50)76(59,60)68-11-19-26(55)27(56)35(72-19)49-8-7-21(52)44-38(49)58/h7-8,13-20,25-29,34-36,54-56H,9-12H2,1-6H3,(H8-,39,40,41,43,44,45,46,52,57,58,59,60,61,62,63,64,65,66)/p+1/t17-,18-,19-,20?,25-,26-,27-,28-,29-,34?,35-,36-/m1/s1. The molecule has 16 atom stereocenters. The molecule has 12 N–H and O–H groups in total. The second-order valence-corrected chi connectivity index (χ2v) is 25.3. The maximum Gasteiger partial charge on any atom is 0.490 e. The molecule has 3 aliphatic heterocycles. The van der Waals surface area contributed by atoms with E-state index in [1.54, 1.807) is 13.8 Å². The SMILES string of the molecule is CO[C@H]1[C@H](n2cnc3c(N)ncnc32)OC(COP(=O)(O)OP(=O)(O)OP(=O)(O)OC[C@H]2OC([n+]3cn(C)c4c(=O)[nH]c(NC(C)C)nc43)[C@H](O)[C@@H]2CC(=O)N(C)C)[C@H]1P(=O)(O)OC[C@H]1O[C@@H](n2ccc(=O)[nH]c2=O)[C@H](O)[C@@H]1O. The maximum atomic E-state index is 14.4. The van der Waals surface area contributed by atoms with Gasteiger partial charge < -0.3 is 74.3 Å². The number of aliphatic hydroxyl groups excluding tert-OH is 3. The molecule has 8 rings (SSSR count). The molecule has 41 heteroatoms. The number of hydrogen-bond donors (Lipinski definition) is 11. The predicted molar refractivity (Wildman–Crippen MR) is 262 cm³/mol. The van der Waals surface area contributed by atoms with Gasteiger partial charge in [0, 0.05) is 51.8 Å². The minimum atomic E-state index is -6.25. The van der Waals surface area contributed by atoms with E-state index in [0.717, 1.165) is 36.6 Å². The van der Waals surface area contributed by atoms with Gasteiger partial charge in [-0.1, -0.05) is 4.98 Å². The van der Waals surface area contributed by atoms with Gasteiger partial charge in [-0.2, -0.15) is 8.62 Å². The van der Waals surface area contributed by atoms with Crippen molar-refractivity contribution in [2.24, 2.45) is 13.0 Å². The first-order valence-electron chi connectivity index (χ1n) is 23.3. The molecule has 3 fully saturated rings. The number of rotatable bonds is 22. The minimum absolute atomic E-state index is 0.0130. The van der Waals surface area contributed by atoms with Crippen LogP contribution < -0.4 is 32.4 Å². The molecule has 3 saturated heterocycles. The minimum Gasteiger partial charge on any atom is -0.387 e. The van der Waals surface area contributed by atoms with Crippen molar-refractivity contribution in [3.63, 3.8) is 0 Å². The highest BCUT2D eigenvalue weighted by molar-refractivity contribution is 7.66. The molecule has 0 aromatic carbocycles. The van der Waals surface area contributed by atoms with Gasteiger partial charge in [-0.25, -0.2) is 38.0 Å². The summed E-state index contributed by atoms with van der Waals surface area (Å²) in [5, 5.41) is 36.1. The molecule has 0 spiro atoms. The van der Waals surface area contributed by atoms with Crippen LogP contribution in [0.15, 0.2) is 45.6 Å². The summed E-state index contributed by atoms with van der Waals surface area (Å²) in [4.78, 5) is 116. The molecule has 1 amide bonds. The third-order valence-electron chi connectivity index (χ3n) is 12.6. The number of aromatic amines is 2. The fraction of sp³-hybridized carbons (Fsp3) is 0.605. The lowest BCUT2D eigenvalue weighted by atomic mass is 9.94. The molecule has 436 valence electrons. The van der Waals surface area contributed by atoms with Crippen LogP contribution in [-0.2, 0) is 71.2 Å². The average Bonchev–Trinajstić information content (AvgIpc) is 4.30. The smallest absolute Gasteiger partial charge is 0.387 e. The number of carbonyl (C=O) groups excluding carboxylic acids is 1. The number of nitrogens with one attached hydrogen (secondary N) is 3. The van der Waals surface area contributed by atoms with Gasteiger partial charge in [0.15, 0.2) is 30.2 Å². The molecule has 3 aliphatic rings. The summed E-state index contributed by atoms with van der Waals surface area (Å²) in [6, 6.07) is 0.749. The highest BCUT2D eigenvalue weighted by atomic mass is 31.3. The second-order valence-electron chi connectivity index (χ2n) is 18.7. The van der Waals surface area contributed by atoms with Crippen LogP contribution in [0.1, 0.15) is 39.0 Å². The Morgan fingerprint density at radius 2 is 1.51 bits per heavy atom. The number of hydrogen-bond acceptors (Lipinski definition) is 26. The number of nitrogens with two attached hydrogens (primary N) is 1. The zero-order chi connectivity index (χ0) is 57.8. The molecule has 37 nitrogen and oxygen atoms in total. The summed E-state index contributed by atoms with van der Waals surface area (Å²) < 4.78 is 106. The van der Waals surface area contributed by atoms with Crippen molar-refractivity contribution in [2.45, 2.75) is 93.4 Å². The molecule has 8 heterocycles. The largest absolute Gasteiger partial charge is 0.490 e. The van der Waals surface area contributed by atoms with Gasteiger partial charge in [0.2, 0.25) is 17.7 Å². The maximum absolute atomic E-state index is 14.4. The van der Waals surface area contributed by atoms with Crippen LogP contribution in [-0.4, -0.2) is 185 Å². The van der Waals surface area contributed by atoms with E-state index in [1.807, 2.05) is 4.98 Å². The molecule has 5 aromatic heterocycles. The van der Waals surface area contributed by atoms with Gasteiger partial charge in [-0.05, 0) is 13.8 Å². The van der Waals surface area contributed by atoms with Crippen LogP contribution >= 0.6 is 31.1 Å². The average molecular weight is 1200 g/mol. The number of nitrogen functional groups attached to an aromatic ring is 1. The molecule has 0 saturated carbocycles. The Kier molecular flexibility index (Phi) is 17.5. The lowest BCUT2D eigenvalue weighted by Crippen LogP contribution is -2.45. The zero-order valence-electron chi connectivity index (χ0n) is 42.2. The summed E-state index contributed by atoms with van der Waals surface area (Å²) >= 11 is 0. The number of amides is 1. The number of ether oxygens (including phenoxy) is 4. The van der Waals surface area contributed by atoms with Gasteiger partial charge in [0.05, 0.1) is 39.3 Å². The van der Waals surface area contributed by atoms with E-state index >= 15 is 0 Å². The fourth-order valence-corrected chi connectivity index (χ4v) is 14.3. The summed E-state index contributed by atoms with van der Waals surface area (Å²) in [5.74, 6) is -1.81. The van der Waals surface area contributed by atoms with E-state index in [9.17, 15) is 72.3 Å². The molecular formula is C38H56N13O24P4+. The van der Waals surface area contributed by atoms with Crippen LogP contribution in [0.3, 0.4) is 0 Å². The lowest BCUT2D eigenvalue weighted by Gasteiger charge is -2.28. The van der Waals surface area contributed by atoms with Gasteiger partial charge >= 0.3 is 42.4 Å². The molecule has 0 bridgehead atoms. The number of carbonyl (C=O) groups is 1. The highest BCUT2D eigenvalue weighted by Crippen LogP contribution is 2.68. The van der Waals surface area contributed by atoms with E-state index in [0.29, 0.717) is 0 Å². The number of anilines is 2. The first-order chi connectivity index (χ1) is 36.9. The second kappa shape index (κ2) is 23.1.